The van der Waals surface area contributed by atoms with Gasteiger partial charge in [0.25, 0.3) is 0 Å². The fraction of sp³-hybridized carbons (Fsp3) is 1.00. The van der Waals surface area contributed by atoms with E-state index in [0.29, 0.717) is 5.41 Å². The van der Waals surface area contributed by atoms with Gasteiger partial charge in [0.2, 0.25) is 0 Å². The molecule has 0 aromatic heterocycles. The Morgan fingerprint density at radius 2 is 2.09 bits per heavy atom. The zero-order valence-electron chi connectivity index (χ0n) is 8.09. The Labute approximate surface area is 69.8 Å². The van der Waals surface area contributed by atoms with E-state index < -0.39 is 0 Å². The molecule has 1 nitrogen and oxygen atoms in total. The van der Waals surface area contributed by atoms with Crippen molar-refractivity contribution < 1.29 is 0 Å². The summed E-state index contributed by atoms with van der Waals surface area (Å²) in [6, 6.07) is 0.875. The monoisotopic (exact) mass is 153 g/mol. The van der Waals surface area contributed by atoms with Gasteiger partial charge in [-0.3, -0.25) is 0 Å². The fourth-order valence-corrected chi connectivity index (χ4v) is 3.11. The van der Waals surface area contributed by atoms with E-state index in [2.05, 4.69) is 32.7 Å². The molecule has 0 N–H and O–H groups in total. The zero-order chi connectivity index (χ0) is 8.22. The zero-order valence-corrected chi connectivity index (χ0v) is 8.09. The van der Waals surface area contributed by atoms with E-state index in [1.54, 1.807) is 0 Å². The van der Waals surface area contributed by atoms with Crippen molar-refractivity contribution in [3.05, 3.63) is 0 Å². The first-order valence-electron chi connectivity index (χ1n) is 4.75. The maximum Gasteiger partial charge on any atom is 0.0150 e. The Morgan fingerprint density at radius 1 is 1.45 bits per heavy atom. The molecule has 64 valence electrons. The van der Waals surface area contributed by atoms with Gasteiger partial charge >= 0.3 is 0 Å². The first-order valence-corrected chi connectivity index (χ1v) is 4.75. The molecular weight excluding hydrogens is 134 g/mol. The summed E-state index contributed by atoms with van der Waals surface area (Å²) in [6.07, 6.45) is 1.49. The summed E-state index contributed by atoms with van der Waals surface area (Å²) in [7, 11) is 2.28. The van der Waals surface area contributed by atoms with Gasteiger partial charge < -0.3 is 4.90 Å². The Bertz CT molecular complexity index is 176. The van der Waals surface area contributed by atoms with Crippen molar-refractivity contribution in [3.8, 4) is 0 Å². The lowest BCUT2D eigenvalue weighted by Crippen LogP contribution is -2.33. The second kappa shape index (κ2) is 2.01. The summed E-state index contributed by atoms with van der Waals surface area (Å²) in [5.74, 6) is 1.86. The van der Waals surface area contributed by atoms with Gasteiger partial charge in [0.1, 0.15) is 0 Å². The Balaban J connectivity index is 2.11. The molecule has 1 aliphatic carbocycles. The molecule has 0 amide bonds. The number of nitrogens with zero attached hydrogens (tertiary/aromatic N) is 1. The third-order valence-electron chi connectivity index (χ3n) is 3.64. The maximum absolute atomic E-state index is 2.55. The SMILES string of the molecule is CC(C)C1[C@@H]2C[C@]2(C)CN1C. The normalized spacial score (nSPS) is 49.9. The molecular formula is C10H19N. The van der Waals surface area contributed by atoms with Gasteiger partial charge in [0.15, 0.2) is 0 Å². The molecule has 0 radical (unpaired) electrons. The number of rotatable bonds is 1. The van der Waals surface area contributed by atoms with Crippen LogP contribution in [0.3, 0.4) is 0 Å². The minimum absolute atomic E-state index is 0.712. The molecule has 2 aliphatic rings. The van der Waals surface area contributed by atoms with Crippen LogP contribution in [0.1, 0.15) is 27.2 Å². The predicted octanol–water partition coefficient (Wildman–Crippen LogP) is 1.98. The van der Waals surface area contributed by atoms with Crippen molar-refractivity contribution in [2.24, 2.45) is 17.3 Å². The summed E-state index contributed by atoms with van der Waals surface area (Å²) >= 11 is 0. The average molecular weight is 153 g/mol. The molecule has 2 rings (SSSR count). The van der Waals surface area contributed by atoms with Crippen LogP contribution in [-0.2, 0) is 0 Å². The third-order valence-corrected chi connectivity index (χ3v) is 3.64. The summed E-state index contributed by atoms with van der Waals surface area (Å²) in [6.45, 7) is 8.48. The molecule has 0 spiro atoms. The van der Waals surface area contributed by atoms with Gasteiger partial charge in [0.05, 0.1) is 0 Å². The topological polar surface area (TPSA) is 3.24 Å². The average Bonchev–Trinajstić information content (AvgIpc) is 2.34. The van der Waals surface area contributed by atoms with E-state index >= 15 is 0 Å². The molecule has 0 aromatic carbocycles. The quantitative estimate of drug-likeness (QED) is 0.557. The molecule has 1 saturated carbocycles. The van der Waals surface area contributed by atoms with Gasteiger partial charge in [-0.05, 0) is 30.7 Å². The van der Waals surface area contributed by atoms with Crippen molar-refractivity contribution in [1.29, 1.82) is 0 Å². The summed E-state index contributed by atoms with van der Waals surface area (Å²) < 4.78 is 0. The lowest BCUT2D eigenvalue weighted by molar-refractivity contribution is 0.210. The minimum Gasteiger partial charge on any atom is -0.302 e. The van der Waals surface area contributed by atoms with Crippen LogP contribution in [0.2, 0.25) is 0 Å². The third kappa shape index (κ3) is 0.936. The Kier molecular flexibility index (Phi) is 1.39. The highest BCUT2D eigenvalue weighted by atomic mass is 15.2. The first kappa shape index (κ1) is 7.60. The van der Waals surface area contributed by atoms with Crippen molar-refractivity contribution in [1.82, 2.24) is 4.90 Å². The van der Waals surface area contributed by atoms with Gasteiger partial charge in [0, 0.05) is 12.6 Å². The smallest absolute Gasteiger partial charge is 0.0150 e. The molecule has 1 heterocycles. The van der Waals surface area contributed by atoms with Crippen molar-refractivity contribution in [2.75, 3.05) is 13.6 Å². The highest BCUT2D eigenvalue weighted by Crippen LogP contribution is 2.61. The van der Waals surface area contributed by atoms with Crippen molar-refractivity contribution in [3.63, 3.8) is 0 Å². The van der Waals surface area contributed by atoms with E-state index in [9.17, 15) is 0 Å². The lowest BCUT2D eigenvalue weighted by atomic mass is 9.98. The van der Waals surface area contributed by atoms with Crippen LogP contribution < -0.4 is 0 Å². The molecule has 11 heavy (non-hydrogen) atoms. The molecule has 1 saturated heterocycles. The number of hydrogen-bond acceptors (Lipinski definition) is 1. The highest BCUT2D eigenvalue weighted by Gasteiger charge is 2.60. The molecule has 0 bridgehead atoms. The minimum atomic E-state index is 0.712. The van der Waals surface area contributed by atoms with Crippen LogP contribution in [0.15, 0.2) is 0 Å². The van der Waals surface area contributed by atoms with E-state index in [-0.39, 0.29) is 0 Å². The number of piperidine rings is 1. The van der Waals surface area contributed by atoms with Crippen LogP contribution >= 0.6 is 0 Å². The second-order valence-electron chi connectivity index (χ2n) is 5.11. The van der Waals surface area contributed by atoms with Crippen LogP contribution in [0, 0.1) is 17.3 Å². The summed E-state index contributed by atoms with van der Waals surface area (Å²) in [5.41, 5.74) is 0.712. The maximum atomic E-state index is 2.55. The molecule has 1 heteroatoms. The highest BCUT2D eigenvalue weighted by molar-refractivity contribution is 5.12. The summed E-state index contributed by atoms with van der Waals surface area (Å²) in [4.78, 5) is 2.55. The van der Waals surface area contributed by atoms with Gasteiger partial charge in [-0.1, -0.05) is 20.8 Å². The van der Waals surface area contributed by atoms with E-state index in [1.807, 2.05) is 0 Å². The molecule has 0 aromatic rings. The second-order valence-corrected chi connectivity index (χ2v) is 5.11. The molecule has 1 aliphatic heterocycles. The van der Waals surface area contributed by atoms with Crippen LogP contribution in [0.25, 0.3) is 0 Å². The predicted molar refractivity (Wildman–Crippen MR) is 47.5 cm³/mol. The van der Waals surface area contributed by atoms with E-state index in [1.165, 1.54) is 13.0 Å². The van der Waals surface area contributed by atoms with Gasteiger partial charge in [-0.2, -0.15) is 0 Å². The lowest BCUT2D eigenvalue weighted by Gasteiger charge is -2.26. The van der Waals surface area contributed by atoms with Gasteiger partial charge in [-0.15, -0.1) is 0 Å². The Morgan fingerprint density at radius 3 is 2.36 bits per heavy atom. The van der Waals surface area contributed by atoms with Crippen LogP contribution in [0.5, 0.6) is 0 Å². The van der Waals surface area contributed by atoms with E-state index in [0.717, 1.165) is 17.9 Å². The fourth-order valence-electron chi connectivity index (χ4n) is 3.11. The van der Waals surface area contributed by atoms with E-state index in [4.69, 9.17) is 0 Å². The van der Waals surface area contributed by atoms with Crippen molar-refractivity contribution >= 4 is 0 Å². The van der Waals surface area contributed by atoms with Crippen LogP contribution in [-0.4, -0.2) is 24.5 Å². The number of fused-ring (bicyclic) bond motifs is 1. The van der Waals surface area contributed by atoms with Crippen LogP contribution in [0.4, 0.5) is 0 Å². The van der Waals surface area contributed by atoms with Crippen molar-refractivity contribution in [2.45, 2.75) is 33.2 Å². The number of likely N-dealkylation sites (tertiary alicyclic amines) is 1. The summed E-state index contributed by atoms with van der Waals surface area (Å²) in [5, 5.41) is 0. The number of hydrogen-bond donors (Lipinski definition) is 0. The Hall–Kier alpha value is -0.0400. The van der Waals surface area contributed by atoms with Gasteiger partial charge in [-0.25, -0.2) is 0 Å². The molecule has 1 unspecified atom stereocenters. The molecule has 3 atom stereocenters. The first-order chi connectivity index (χ1) is 5.04. The molecule has 2 fully saturated rings. The standard InChI is InChI=1S/C10H19N/c1-7(2)9-8-5-10(8,3)6-11(9)4/h7-9H,5-6H2,1-4H3/t8-,9?,10+/m0/s1. The largest absolute Gasteiger partial charge is 0.302 e.